The number of alkyl halides is 3. The molecule has 5 rings (SSSR count). The highest BCUT2D eigenvalue weighted by Crippen LogP contribution is 2.66. The topological polar surface area (TPSA) is 92.0 Å². The predicted molar refractivity (Wildman–Crippen MR) is 125 cm³/mol. The number of hydrogen-bond donors (Lipinski definition) is 1. The minimum Gasteiger partial charge on any atom is -0.408 e. The van der Waals surface area contributed by atoms with Crippen molar-refractivity contribution in [1.29, 1.82) is 5.26 Å². The Morgan fingerprint density at radius 3 is 2.53 bits per heavy atom. The summed E-state index contributed by atoms with van der Waals surface area (Å²) >= 11 is 0. The van der Waals surface area contributed by atoms with Crippen LogP contribution in [0.5, 0.6) is 0 Å². The van der Waals surface area contributed by atoms with Crippen molar-refractivity contribution < 1.29 is 37.0 Å². The number of carbonyl (C=O) groups is 1. The summed E-state index contributed by atoms with van der Waals surface area (Å²) in [5.74, 6) is -1.78. The van der Waals surface area contributed by atoms with Gasteiger partial charge in [-0.1, -0.05) is 20.8 Å². The summed E-state index contributed by atoms with van der Waals surface area (Å²) in [6, 6.07) is 4.80. The lowest BCUT2D eigenvalue weighted by molar-refractivity contribution is -0.162. The minimum absolute atomic E-state index is 0.00197. The standard InChI is InChI=1S/C25H31F3N2O5Si/c1-22(2,3)36(5,6)34-19-18(31)23(4)16-17-21(33-10-9-24(17,19)35-23)30(20(16)32)14-8-7-13(12-29)15(11-14)25(26,27)28/h7-8,11,16-19,21,31H,9-10H2,1-6H3/t16-,17+,18-,19+,21+,23+,24-/m1/s1. The van der Waals surface area contributed by atoms with Gasteiger partial charge in [0.1, 0.15) is 29.6 Å². The van der Waals surface area contributed by atoms with E-state index in [0.29, 0.717) is 6.42 Å². The number of benzene rings is 1. The van der Waals surface area contributed by atoms with Crippen LogP contribution in [0.2, 0.25) is 18.1 Å². The molecule has 196 valence electrons. The van der Waals surface area contributed by atoms with Crippen molar-refractivity contribution in [3.8, 4) is 6.07 Å². The molecule has 11 heteroatoms. The first-order valence-electron chi connectivity index (χ1n) is 12.1. The molecule has 4 aliphatic rings. The maximum Gasteiger partial charge on any atom is 0.417 e. The molecule has 36 heavy (non-hydrogen) atoms. The maximum absolute atomic E-state index is 13.8. The van der Waals surface area contributed by atoms with E-state index in [0.717, 1.165) is 12.1 Å². The third-order valence-corrected chi connectivity index (χ3v) is 13.5. The zero-order chi connectivity index (χ0) is 26.6. The van der Waals surface area contributed by atoms with Crippen LogP contribution in [0.15, 0.2) is 18.2 Å². The Labute approximate surface area is 209 Å². The van der Waals surface area contributed by atoms with Crippen LogP contribution in [0, 0.1) is 23.2 Å². The maximum atomic E-state index is 13.8. The van der Waals surface area contributed by atoms with Crippen molar-refractivity contribution in [3.05, 3.63) is 29.3 Å². The normalized spacial score (nSPS) is 37.9. The molecular formula is C25H31F3N2O5Si. The Kier molecular flexibility index (Phi) is 5.38. The zero-order valence-electron chi connectivity index (χ0n) is 21.1. The zero-order valence-corrected chi connectivity index (χ0v) is 22.1. The van der Waals surface area contributed by atoms with Crippen molar-refractivity contribution in [2.45, 2.75) is 88.1 Å². The van der Waals surface area contributed by atoms with E-state index >= 15 is 0 Å². The van der Waals surface area contributed by atoms with Gasteiger partial charge in [-0.25, -0.2) is 0 Å². The van der Waals surface area contributed by atoms with Gasteiger partial charge < -0.3 is 19.0 Å². The number of halogens is 3. The van der Waals surface area contributed by atoms with E-state index in [1.165, 1.54) is 11.0 Å². The second kappa shape index (κ2) is 7.54. The molecule has 0 unspecified atom stereocenters. The van der Waals surface area contributed by atoms with Gasteiger partial charge in [0, 0.05) is 12.1 Å². The van der Waals surface area contributed by atoms with Gasteiger partial charge in [-0.15, -0.1) is 0 Å². The first-order chi connectivity index (χ1) is 16.5. The number of nitrogens with zero attached hydrogens (tertiary/aromatic N) is 2. The number of aliphatic hydroxyl groups excluding tert-OH is 1. The van der Waals surface area contributed by atoms with Gasteiger partial charge in [0.2, 0.25) is 5.91 Å². The molecule has 1 amide bonds. The summed E-state index contributed by atoms with van der Waals surface area (Å²) < 4.78 is 60.3. The third kappa shape index (κ3) is 3.21. The lowest BCUT2D eigenvalue weighted by Crippen LogP contribution is -2.64. The second-order valence-corrected chi connectivity index (χ2v) is 16.8. The number of aliphatic hydroxyl groups is 1. The van der Waals surface area contributed by atoms with Gasteiger partial charge in [0.05, 0.1) is 35.6 Å². The van der Waals surface area contributed by atoms with E-state index < -0.39 is 73.0 Å². The molecule has 0 radical (unpaired) electrons. The Balaban J connectivity index is 1.59. The molecule has 1 aromatic carbocycles. The Hall–Kier alpha value is -1.97. The highest BCUT2D eigenvalue weighted by molar-refractivity contribution is 6.74. The van der Waals surface area contributed by atoms with Gasteiger partial charge >= 0.3 is 6.18 Å². The molecule has 7 nitrogen and oxygen atoms in total. The van der Waals surface area contributed by atoms with E-state index in [4.69, 9.17) is 13.9 Å². The van der Waals surface area contributed by atoms with Crippen LogP contribution >= 0.6 is 0 Å². The minimum atomic E-state index is -4.76. The number of fused-ring (bicyclic) bond motifs is 2. The lowest BCUT2D eigenvalue weighted by atomic mass is 9.63. The molecular weight excluding hydrogens is 493 g/mol. The number of hydrogen-bond acceptors (Lipinski definition) is 6. The van der Waals surface area contributed by atoms with Crippen LogP contribution < -0.4 is 4.90 Å². The molecule has 2 bridgehead atoms. The Bertz CT molecular complexity index is 1160. The van der Waals surface area contributed by atoms with Crippen LogP contribution in [0.3, 0.4) is 0 Å². The largest absolute Gasteiger partial charge is 0.417 e. The van der Waals surface area contributed by atoms with E-state index in [1.807, 2.05) is 0 Å². The van der Waals surface area contributed by atoms with E-state index in [2.05, 4.69) is 33.9 Å². The number of rotatable bonds is 3. The number of ether oxygens (including phenoxy) is 2. The molecule has 0 saturated carbocycles. The fraction of sp³-hybridized carbons (Fsp3) is 0.680. The monoisotopic (exact) mass is 524 g/mol. The summed E-state index contributed by atoms with van der Waals surface area (Å²) in [6.07, 6.45) is -7.00. The summed E-state index contributed by atoms with van der Waals surface area (Å²) in [4.78, 5) is 15.1. The van der Waals surface area contributed by atoms with Gasteiger partial charge in [0.15, 0.2) is 8.32 Å². The van der Waals surface area contributed by atoms with Crippen LogP contribution in [-0.2, 0) is 24.9 Å². The Morgan fingerprint density at radius 2 is 1.94 bits per heavy atom. The molecule has 1 spiro atoms. The summed E-state index contributed by atoms with van der Waals surface area (Å²) in [6.45, 7) is 12.3. The van der Waals surface area contributed by atoms with Crippen molar-refractivity contribution in [3.63, 3.8) is 0 Å². The first-order valence-corrected chi connectivity index (χ1v) is 15.0. The first kappa shape index (κ1) is 25.7. The van der Waals surface area contributed by atoms with Crippen molar-refractivity contribution in [2.24, 2.45) is 11.8 Å². The van der Waals surface area contributed by atoms with E-state index in [1.54, 1.807) is 13.0 Å². The highest BCUT2D eigenvalue weighted by Gasteiger charge is 2.82. The number of nitriles is 1. The fourth-order valence-corrected chi connectivity index (χ4v) is 7.62. The molecule has 4 aliphatic heterocycles. The molecule has 4 fully saturated rings. The van der Waals surface area contributed by atoms with Crippen molar-refractivity contribution in [1.82, 2.24) is 0 Å². The average molecular weight is 525 g/mol. The quantitative estimate of drug-likeness (QED) is 0.596. The summed E-state index contributed by atoms with van der Waals surface area (Å²) in [5, 5.41) is 20.5. The molecule has 4 saturated heterocycles. The second-order valence-electron chi connectivity index (χ2n) is 12.0. The highest BCUT2D eigenvalue weighted by atomic mass is 28.4. The SMILES string of the molecule is CC(C)(C)[Si](C)(C)O[C@H]1[C@@H](O)[C@@]2(C)O[C@@]13CCO[C@H]1[C@@H]3[C@@H]2C(=O)N1c1ccc(C#N)c(C(F)(F)F)c1. The van der Waals surface area contributed by atoms with Crippen LogP contribution in [-0.4, -0.2) is 55.6 Å². The molecule has 7 atom stereocenters. The number of anilines is 1. The predicted octanol–water partition coefficient (Wildman–Crippen LogP) is 4.20. The van der Waals surface area contributed by atoms with Crippen LogP contribution in [0.25, 0.3) is 0 Å². The fourth-order valence-electron chi connectivity index (χ4n) is 6.30. The average Bonchev–Trinajstić information content (AvgIpc) is 3.30. The third-order valence-electron chi connectivity index (χ3n) is 9.09. The molecule has 1 aromatic rings. The molecule has 4 heterocycles. The summed E-state index contributed by atoms with van der Waals surface area (Å²) in [7, 11) is -2.36. The van der Waals surface area contributed by atoms with Crippen molar-refractivity contribution in [2.75, 3.05) is 11.5 Å². The van der Waals surface area contributed by atoms with Crippen molar-refractivity contribution >= 4 is 19.9 Å². The van der Waals surface area contributed by atoms with Gasteiger partial charge in [-0.05, 0) is 43.3 Å². The van der Waals surface area contributed by atoms with Crippen LogP contribution in [0.4, 0.5) is 18.9 Å². The summed E-state index contributed by atoms with van der Waals surface area (Å²) in [5.41, 5.74) is -3.90. The van der Waals surface area contributed by atoms with Crippen LogP contribution in [0.1, 0.15) is 45.2 Å². The van der Waals surface area contributed by atoms with E-state index in [-0.39, 0.29) is 17.3 Å². The van der Waals surface area contributed by atoms with Gasteiger partial charge in [-0.2, -0.15) is 18.4 Å². The molecule has 0 aliphatic carbocycles. The van der Waals surface area contributed by atoms with Gasteiger partial charge in [0.25, 0.3) is 0 Å². The molecule has 0 aromatic heterocycles. The number of carbonyl (C=O) groups excluding carboxylic acids is 1. The lowest BCUT2D eigenvalue weighted by Gasteiger charge is -2.50. The Morgan fingerprint density at radius 1 is 1.28 bits per heavy atom. The van der Waals surface area contributed by atoms with Gasteiger partial charge in [-0.3, -0.25) is 9.69 Å². The van der Waals surface area contributed by atoms with E-state index in [9.17, 15) is 28.3 Å². The molecule has 1 N–H and O–H groups in total. The smallest absolute Gasteiger partial charge is 0.408 e. The number of amides is 1.